The van der Waals surface area contributed by atoms with E-state index in [0.29, 0.717) is 19.1 Å². The molecule has 2 rings (SSSR count). The lowest BCUT2D eigenvalue weighted by Crippen LogP contribution is -2.34. The minimum atomic E-state index is 0.0862. The van der Waals surface area contributed by atoms with Crippen LogP contribution in [0.5, 0.6) is 0 Å². The number of hydrogen-bond acceptors (Lipinski definition) is 3. The van der Waals surface area contributed by atoms with E-state index in [9.17, 15) is 4.79 Å². The first-order valence-corrected chi connectivity index (χ1v) is 5.80. The normalized spacial score (nSPS) is 15.4. The van der Waals surface area contributed by atoms with Gasteiger partial charge in [0.2, 0.25) is 5.91 Å². The molecule has 0 bridgehead atoms. The first-order valence-electron chi connectivity index (χ1n) is 4.86. The molecule has 0 radical (unpaired) electrons. The van der Waals surface area contributed by atoms with Crippen LogP contribution >= 0.6 is 11.3 Å². The third-order valence-electron chi connectivity index (χ3n) is 2.20. The fourth-order valence-electron chi connectivity index (χ4n) is 1.18. The second kappa shape index (κ2) is 4.57. The largest absolute Gasteiger partial charge is 0.351 e. The molecule has 0 unspecified atom stereocenters. The van der Waals surface area contributed by atoms with Gasteiger partial charge in [-0.25, -0.2) is 0 Å². The molecular weight excluding hydrogens is 196 g/mol. The predicted molar refractivity (Wildman–Crippen MR) is 57.2 cm³/mol. The van der Waals surface area contributed by atoms with Crippen LogP contribution in [0.25, 0.3) is 0 Å². The summed E-state index contributed by atoms with van der Waals surface area (Å²) in [5.41, 5.74) is 1.18. The molecule has 0 aliphatic heterocycles. The van der Waals surface area contributed by atoms with Gasteiger partial charge in [0.05, 0.1) is 6.54 Å². The summed E-state index contributed by atoms with van der Waals surface area (Å²) in [6.45, 7) is 1.10. The van der Waals surface area contributed by atoms with Crippen molar-refractivity contribution in [1.82, 2.24) is 10.6 Å². The molecule has 0 spiro atoms. The van der Waals surface area contributed by atoms with Crippen LogP contribution in [0.15, 0.2) is 16.8 Å². The summed E-state index contributed by atoms with van der Waals surface area (Å²) >= 11 is 1.65. The molecule has 1 aliphatic carbocycles. The Kier molecular flexibility index (Phi) is 3.16. The van der Waals surface area contributed by atoms with Crippen LogP contribution in [0.1, 0.15) is 18.4 Å². The van der Waals surface area contributed by atoms with Crippen LogP contribution in [0, 0.1) is 0 Å². The summed E-state index contributed by atoms with van der Waals surface area (Å²) in [4.78, 5) is 11.3. The average Bonchev–Trinajstić information content (AvgIpc) is 2.87. The standard InChI is InChI=1S/C10H14N2OS/c13-10(6-11-9-1-2-9)12-5-8-3-4-14-7-8/h3-4,7,9,11H,1-2,5-6H2,(H,12,13). The molecule has 1 fully saturated rings. The molecule has 4 heteroatoms. The van der Waals surface area contributed by atoms with Crippen molar-refractivity contribution in [3.05, 3.63) is 22.4 Å². The summed E-state index contributed by atoms with van der Waals surface area (Å²) < 4.78 is 0. The highest BCUT2D eigenvalue weighted by atomic mass is 32.1. The van der Waals surface area contributed by atoms with Crippen molar-refractivity contribution < 1.29 is 4.79 Å². The van der Waals surface area contributed by atoms with Crippen molar-refractivity contribution in [2.75, 3.05) is 6.54 Å². The molecule has 14 heavy (non-hydrogen) atoms. The number of carbonyl (C=O) groups is 1. The molecule has 1 amide bonds. The highest BCUT2D eigenvalue weighted by Gasteiger charge is 2.20. The van der Waals surface area contributed by atoms with E-state index < -0.39 is 0 Å². The van der Waals surface area contributed by atoms with Crippen LogP contribution in [0.4, 0.5) is 0 Å². The van der Waals surface area contributed by atoms with E-state index in [4.69, 9.17) is 0 Å². The third-order valence-corrected chi connectivity index (χ3v) is 2.93. The van der Waals surface area contributed by atoms with E-state index in [1.54, 1.807) is 11.3 Å². The second-order valence-electron chi connectivity index (χ2n) is 3.56. The fourth-order valence-corrected chi connectivity index (χ4v) is 1.85. The van der Waals surface area contributed by atoms with Gasteiger partial charge in [-0.1, -0.05) is 0 Å². The highest BCUT2D eigenvalue weighted by Crippen LogP contribution is 2.17. The number of amides is 1. The molecule has 1 aromatic heterocycles. The van der Waals surface area contributed by atoms with Crippen molar-refractivity contribution in [1.29, 1.82) is 0 Å². The third kappa shape index (κ3) is 3.12. The molecule has 76 valence electrons. The molecule has 0 atom stereocenters. The van der Waals surface area contributed by atoms with Gasteiger partial charge in [-0.05, 0) is 35.2 Å². The molecule has 2 N–H and O–H groups in total. The first-order chi connectivity index (χ1) is 6.84. The van der Waals surface area contributed by atoms with Crippen molar-refractivity contribution in [3.8, 4) is 0 Å². The maximum Gasteiger partial charge on any atom is 0.234 e. The van der Waals surface area contributed by atoms with Gasteiger partial charge < -0.3 is 10.6 Å². The van der Waals surface area contributed by atoms with Gasteiger partial charge in [0.1, 0.15) is 0 Å². The zero-order chi connectivity index (χ0) is 9.80. The Morgan fingerprint density at radius 3 is 3.07 bits per heavy atom. The molecular formula is C10H14N2OS. The Labute approximate surface area is 87.5 Å². The lowest BCUT2D eigenvalue weighted by molar-refractivity contribution is -0.120. The summed E-state index contributed by atoms with van der Waals surface area (Å²) in [5, 5.41) is 10.1. The van der Waals surface area contributed by atoms with Gasteiger partial charge in [-0.3, -0.25) is 4.79 Å². The van der Waals surface area contributed by atoms with Crippen LogP contribution in [-0.4, -0.2) is 18.5 Å². The van der Waals surface area contributed by atoms with Crippen molar-refractivity contribution >= 4 is 17.2 Å². The highest BCUT2D eigenvalue weighted by molar-refractivity contribution is 7.07. The summed E-state index contributed by atoms with van der Waals surface area (Å²) in [5.74, 6) is 0.0862. The van der Waals surface area contributed by atoms with Gasteiger partial charge in [0.15, 0.2) is 0 Å². The number of hydrogen-bond donors (Lipinski definition) is 2. The molecule has 0 aromatic carbocycles. The molecule has 0 saturated heterocycles. The lowest BCUT2D eigenvalue weighted by Gasteiger charge is -2.04. The van der Waals surface area contributed by atoms with Crippen LogP contribution in [0.2, 0.25) is 0 Å². The van der Waals surface area contributed by atoms with E-state index >= 15 is 0 Å². The van der Waals surface area contributed by atoms with Crippen LogP contribution in [-0.2, 0) is 11.3 Å². The molecule has 1 aliphatic rings. The van der Waals surface area contributed by atoms with Crippen LogP contribution in [0.3, 0.4) is 0 Å². The predicted octanol–water partition coefficient (Wildman–Crippen LogP) is 1.12. The van der Waals surface area contributed by atoms with Gasteiger partial charge in [-0.2, -0.15) is 11.3 Å². The first kappa shape index (κ1) is 9.68. The molecule has 1 heterocycles. The Bertz CT molecular complexity index is 293. The van der Waals surface area contributed by atoms with E-state index in [-0.39, 0.29) is 5.91 Å². The number of rotatable bonds is 5. The second-order valence-corrected chi connectivity index (χ2v) is 4.34. The summed E-state index contributed by atoms with van der Waals surface area (Å²) in [7, 11) is 0. The molecule has 3 nitrogen and oxygen atoms in total. The van der Waals surface area contributed by atoms with E-state index in [1.165, 1.54) is 18.4 Å². The Hall–Kier alpha value is -0.870. The van der Waals surface area contributed by atoms with E-state index in [2.05, 4.69) is 16.0 Å². The molecule has 1 aromatic rings. The zero-order valence-electron chi connectivity index (χ0n) is 7.95. The van der Waals surface area contributed by atoms with Crippen LogP contribution < -0.4 is 10.6 Å². The number of nitrogens with one attached hydrogen (secondary N) is 2. The van der Waals surface area contributed by atoms with Crippen molar-refractivity contribution in [2.45, 2.75) is 25.4 Å². The minimum Gasteiger partial charge on any atom is -0.351 e. The SMILES string of the molecule is O=C(CNC1CC1)NCc1ccsc1. The molecule has 1 saturated carbocycles. The minimum absolute atomic E-state index is 0.0862. The van der Waals surface area contributed by atoms with Gasteiger partial charge >= 0.3 is 0 Å². The maximum atomic E-state index is 11.3. The van der Waals surface area contributed by atoms with Gasteiger partial charge in [0.25, 0.3) is 0 Å². The monoisotopic (exact) mass is 210 g/mol. The average molecular weight is 210 g/mol. The Morgan fingerprint density at radius 1 is 1.57 bits per heavy atom. The Morgan fingerprint density at radius 2 is 2.43 bits per heavy atom. The zero-order valence-corrected chi connectivity index (χ0v) is 8.77. The quantitative estimate of drug-likeness (QED) is 0.764. The van der Waals surface area contributed by atoms with E-state index in [1.807, 2.05) is 11.4 Å². The van der Waals surface area contributed by atoms with E-state index in [0.717, 1.165) is 0 Å². The maximum absolute atomic E-state index is 11.3. The number of carbonyl (C=O) groups excluding carboxylic acids is 1. The Balaban J connectivity index is 1.62. The van der Waals surface area contributed by atoms with Gasteiger partial charge in [-0.15, -0.1) is 0 Å². The summed E-state index contributed by atoms with van der Waals surface area (Å²) in [6, 6.07) is 2.63. The van der Waals surface area contributed by atoms with Crippen molar-refractivity contribution in [3.63, 3.8) is 0 Å². The van der Waals surface area contributed by atoms with Crippen molar-refractivity contribution in [2.24, 2.45) is 0 Å². The fraction of sp³-hybridized carbons (Fsp3) is 0.500. The lowest BCUT2D eigenvalue weighted by atomic mass is 10.3. The number of thiophene rings is 1. The smallest absolute Gasteiger partial charge is 0.234 e. The summed E-state index contributed by atoms with van der Waals surface area (Å²) in [6.07, 6.45) is 2.44. The topological polar surface area (TPSA) is 41.1 Å². The van der Waals surface area contributed by atoms with Gasteiger partial charge in [0, 0.05) is 12.6 Å².